The molecule has 0 unspecified atom stereocenters. The maximum absolute atomic E-state index is 4.57. The van der Waals surface area contributed by atoms with Crippen molar-refractivity contribution in [2.24, 2.45) is 7.05 Å². The molecule has 1 aromatic carbocycles. The number of benzene rings is 1. The minimum atomic E-state index is 0.253. The van der Waals surface area contributed by atoms with Crippen LogP contribution in [-0.4, -0.2) is 40.6 Å². The number of aryl methyl sites for hydroxylation is 1. The number of imidazole rings is 1. The lowest BCUT2D eigenvalue weighted by atomic mass is 10.0. The minimum absolute atomic E-state index is 0.253. The fourth-order valence-corrected chi connectivity index (χ4v) is 2.74. The Kier molecular flexibility index (Phi) is 3.62. The quantitative estimate of drug-likeness (QED) is 0.901. The third-order valence-corrected chi connectivity index (χ3v) is 3.74. The first-order valence-electron chi connectivity index (χ1n) is 6.83. The van der Waals surface area contributed by atoms with E-state index in [1.165, 1.54) is 5.56 Å². The number of aromatic nitrogens is 2. The molecule has 0 radical (unpaired) electrons. The SMILES string of the molecule is Cn1ccnc1[C@@H](c1ccccc1)N1CCNCC1. The largest absolute Gasteiger partial charge is 0.336 e. The number of piperazine rings is 1. The maximum atomic E-state index is 4.57. The molecule has 1 fully saturated rings. The zero-order valence-corrected chi connectivity index (χ0v) is 11.3. The van der Waals surface area contributed by atoms with Crippen LogP contribution < -0.4 is 5.32 Å². The lowest BCUT2D eigenvalue weighted by molar-refractivity contribution is 0.190. The van der Waals surface area contributed by atoms with Crippen molar-refractivity contribution in [2.75, 3.05) is 26.2 Å². The molecule has 1 aliphatic rings. The fraction of sp³-hybridized carbons (Fsp3) is 0.400. The van der Waals surface area contributed by atoms with Gasteiger partial charge < -0.3 is 9.88 Å². The van der Waals surface area contributed by atoms with Crippen molar-refractivity contribution in [3.63, 3.8) is 0 Å². The summed E-state index contributed by atoms with van der Waals surface area (Å²) >= 11 is 0. The van der Waals surface area contributed by atoms with Gasteiger partial charge in [0, 0.05) is 45.6 Å². The molecule has 0 amide bonds. The molecule has 4 nitrogen and oxygen atoms in total. The van der Waals surface area contributed by atoms with E-state index in [1.54, 1.807) is 0 Å². The van der Waals surface area contributed by atoms with Crippen molar-refractivity contribution < 1.29 is 0 Å². The predicted octanol–water partition coefficient (Wildman–Crippen LogP) is 1.41. The molecule has 2 heterocycles. The molecule has 1 aliphatic heterocycles. The first-order chi connectivity index (χ1) is 9.36. The van der Waals surface area contributed by atoms with E-state index in [4.69, 9.17) is 0 Å². The first-order valence-corrected chi connectivity index (χ1v) is 6.83. The summed E-state index contributed by atoms with van der Waals surface area (Å²) in [6, 6.07) is 10.9. The molecule has 100 valence electrons. The average molecular weight is 256 g/mol. The van der Waals surface area contributed by atoms with Crippen molar-refractivity contribution in [3.8, 4) is 0 Å². The van der Waals surface area contributed by atoms with Gasteiger partial charge in [-0.2, -0.15) is 0 Å². The zero-order valence-electron chi connectivity index (χ0n) is 11.3. The van der Waals surface area contributed by atoms with Crippen LogP contribution in [0.3, 0.4) is 0 Å². The Morgan fingerprint density at radius 3 is 2.53 bits per heavy atom. The third kappa shape index (κ3) is 2.55. The van der Waals surface area contributed by atoms with Gasteiger partial charge >= 0.3 is 0 Å². The van der Waals surface area contributed by atoms with Crippen LogP contribution in [0.4, 0.5) is 0 Å². The molecule has 1 aromatic heterocycles. The number of rotatable bonds is 3. The van der Waals surface area contributed by atoms with Gasteiger partial charge in [0.2, 0.25) is 0 Å². The van der Waals surface area contributed by atoms with Gasteiger partial charge in [0.15, 0.2) is 0 Å². The number of hydrogen-bond acceptors (Lipinski definition) is 3. The fourth-order valence-electron chi connectivity index (χ4n) is 2.74. The summed E-state index contributed by atoms with van der Waals surface area (Å²) < 4.78 is 2.12. The summed E-state index contributed by atoms with van der Waals surface area (Å²) in [5.74, 6) is 1.12. The average Bonchev–Trinajstić information content (AvgIpc) is 2.88. The second-order valence-electron chi connectivity index (χ2n) is 5.00. The van der Waals surface area contributed by atoms with Crippen molar-refractivity contribution in [1.82, 2.24) is 19.8 Å². The van der Waals surface area contributed by atoms with E-state index in [0.717, 1.165) is 32.0 Å². The smallest absolute Gasteiger partial charge is 0.130 e. The molecule has 0 bridgehead atoms. The van der Waals surface area contributed by atoms with Crippen molar-refractivity contribution in [3.05, 3.63) is 54.1 Å². The molecule has 1 atom stereocenters. The van der Waals surface area contributed by atoms with Gasteiger partial charge in [0.05, 0.1) is 6.04 Å². The molecule has 0 aliphatic carbocycles. The highest BCUT2D eigenvalue weighted by molar-refractivity contribution is 5.25. The predicted molar refractivity (Wildman–Crippen MR) is 75.9 cm³/mol. The molecule has 2 aromatic rings. The Bertz CT molecular complexity index is 514. The summed E-state index contributed by atoms with van der Waals surface area (Å²) in [6.07, 6.45) is 3.90. The van der Waals surface area contributed by atoms with Crippen LogP contribution in [0.5, 0.6) is 0 Å². The Morgan fingerprint density at radius 2 is 1.89 bits per heavy atom. The van der Waals surface area contributed by atoms with Gasteiger partial charge in [-0.15, -0.1) is 0 Å². The summed E-state index contributed by atoms with van der Waals surface area (Å²) in [4.78, 5) is 7.08. The van der Waals surface area contributed by atoms with Crippen LogP contribution in [0.2, 0.25) is 0 Å². The summed E-state index contributed by atoms with van der Waals surface area (Å²) in [5.41, 5.74) is 1.32. The normalized spacial score (nSPS) is 18.4. The van der Waals surface area contributed by atoms with E-state index in [1.807, 2.05) is 12.4 Å². The van der Waals surface area contributed by atoms with Gasteiger partial charge in [0.1, 0.15) is 5.82 Å². The molecular formula is C15H20N4. The second kappa shape index (κ2) is 5.55. The highest BCUT2D eigenvalue weighted by atomic mass is 15.2. The minimum Gasteiger partial charge on any atom is -0.336 e. The molecule has 4 heteroatoms. The molecule has 19 heavy (non-hydrogen) atoms. The van der Waals surface area contributed by atoms with Gasteiger partial charge in [-0.1, -0.05) is 30.3 Å². The van der Waals surface area contributed by atoms with E-state index in [2.05, 4.69) is 57.1 Å². The van der Waals surface area contributed by atoms with Crippen LogP contribution in [0.15, 0.2) is 42.7 Å². The van der Waals surface area contributed by atoms with Gasteiger partial charge in [-0.25, -0.2) is 4.98 Å². The number of hydrogen-bond donors (Lipinski definition) is 1. The third-order valence-electron chi connectivity index (χ3n) is 3.74. The standard InChI is InChI=1S/C15H20N4/c1-18-10-9-17-15(18)14(13-5-3-2-4-6-13)19-11-7-16-8-12-19/h2-6,9-10,14,16H,7-8,11-12H2,1H3/t14-/m1/s1. The number of nitrogens with one attached hydrogen (secondary N) is 1. The van der Waals surface area contributed by atoms with Crippen LogP contribution >= 0.6 is 0 Å². The first kappa shape index (κ1) is 12.4. The van der Waals surface area contributed by atoms with Crippen LogP contribution in [0.25, 0.3) is 0 Å². The monoisotopic (exact) mass is 256 g/mol. The Hall–Kier alpha value is -1.65. The van der Waals surface area contributed by atoms with E-state index >= 15 is 0 Å². The Balaban J connectivity index is 1.98. The van der Waals surface area contributed by atoms with E-state index in [-0.39, 0.29) is 6.04 Å². The molecule has 0 spiro atoms. The summed E-state index contributed by atoms with van der Waals surface area (Å²) in [5, 5.41) is 3.41. The molecule has 0 saturated carbocycles. The van der Waals surface area contributed by atoms with Gasteiger partial charge in [-0.05, 0) is 5.56 Å². The summed E-state index contributed by atoms with van der Waals surface area (Å²) in [6.45, 7) is 4.22. The van der Waals surface area contributed by atoms with Crippen LogP contribution in [0.1, 0.15) is 17.4 Å². The second-order valence-corrected chi connectivity index (χ2v) is 5.00. The van der Waals surface area contributed by atoms with E-state index in [9.17, 15) is 0 Å². The van der Waals surface area contributed by atoms with Crippen molar-refractivity contribution in [1.29, 1.82) is 0 Å². The number of nitrogens with zero attached hydrogens (tertiary/aromatic N) is 3. The zero-order chi connectivity index (χ0) is 13.1. The van der Waals surface area contributed by atoms with E-state index < -0.39 is 0 Å². The van der Waals surface area contributed by atoms with Crippen LogP contribution in [-0.2, 0) is 7.05 Å². The van der Waals surface area contributed by atoms with Gasteiger partial charge in [0.25, 0.3) is 0 Å². The molecular weight excluding hydrogens is 236 g/mol. The van der Waals surface area contributed by atoms with Gasteiger partial charge in [-0.3, -0.25) is 4.90 Å². The lowest BCUT2D eigenvalue weighted by Gasteiger charge is -2.34. The highest BCUT2D eigenvalue weighted by Crippen LogP contribution is 2.27. The summed E-state index contributed by atoms with van der Waals surface area (Å²) in [7, 11) is 2.07. The van der Waals surface area contributed by atoms with E-state index in [0.29, 0.717) is 0 Å². The lowest BCUT2D eigenvalue weighted by Crippen LogP contribution is -2.46. The van der Waals surface area contributed by atoms with Crippen LogP contribution in [0, 0.1) is 0 Å². The van der Waals surface area contributed by atoms with Crippen molar-refractivity contribution in [2.45, 2.75) is 6.04 Å². The highest BCUT2D eigenvalue weighted by Gasteiger charge is 2.26. The maximum Gasteiger partial charge on any atom is 0.130 e. The Labute approximate surface area is 114 Å². The topological polar surface area (TPSA) is 33.1 Å². The molecule has 3 rings (SSSR count). The molecule has 1 saturated heterocycles. The van der Waals surface area contributed by atoms with Crippen molar-refractivity contribution >= 4 is 0 Å². The Morgan fingerprint density at radius 1 is 1.16 bits per heavy atom. The molecule has 1 N–H and O–H groups in total.